The Hall–Kier alpha value is -2.06. The predicted molar refractivity (Wildman–Crippen MR) is 74.8 cm³/mol. The monoisotopic (exact) mass is 273 g/mol. The molecule has 0 aliphatic heterocycles. The van der Waals surface area contributed by atoms with Gasteiger partial charge in [-0.3, -0.25) is 0 Å². The average molecular weight is 273 g/mol. The minimum atomic E-state index is -0.416. The molecule has 20 heavy (non-hydrogen) atoms. The van der Waals surface area contributed by atoms with Crippen molar-refractivity contribution in [2.45, 2.75) is 25.5 Å². The zero-order valence-electron chi connectivity index (χ0n) is 11.5. The molecule has 2 N–H and O–H groups in total. The second-order valence-electron chi connectivity index (χ2n) is 5.25. The van der Waals surface area contributed by atoms with E-state index in [0.29, 0.717) is 24.6 Å². The molecule has 1 fully saturated rings. The number of urea groups is 1. The van der Waals surface area contributed by atoms with Gasteiger partial charge in [0.2, 0.25) is 0 Å². The summed E-state index contributed by atoms with van der Waals surface area (Å²) in [5, 5.41) is 21.3. The van der Waals surface area contributed by atoms with E-state index < -0.39 is 6.10 Å². The second-order valence-corrected chi connectivity index (χ2v) is 5.25. The number of benzene rings is 1. The van der Waals surface area contributed by atoms with Crippen LogP contribution in [0, 0.1) is 17.2 Å². The molecule has 106 valence electrons. The number of rotatable bonds is 5. The van der Waals surface area contributed by atoms with Crippen LogP contribution in [0.25, 0.3) is 0 Å². The Balaban J connectivity index is 1.77. The van der Waals surface area contributed by atoms with Gasteiger partial charge < -0.3 is 15.3 Å². The molecule has 1 saturated carbocycles. The summed E-state index contributed by atoms with van der Waals surface area (Å²) in [5.74, 6) is 0.365. The zero-order chi connectivity index (χ0) is 14.5. The van der Waals surface area contributed by atoms with E-state index >= 15 is 0 Å². The summed E-state index contributed by atoms with van der Waals surface area (Å²) in [4.78, 5) is 13.4. The molecule has 1 aromatic rings. The van der Waals surface area contributed by atoms with E-state index in [1.807, 2.05) is 12.1 Å². The molecule has 2 amide bonds. The van der Waals surface area contributed by atoms with Crippen molar-refractivity contribution in [3.8, 4) is 6.07 Å². The molecule has 1 aromatic carbocycles. The van der Waals surface area contributed by atoms with Gasteiger partial charge in [-0.15, -0.1) is 0 Å². The first-order valence-corrected chi connectivity index (χ1v) is 6.76. The number of nitrogens with zero attached hydrogens (tertiary/aromatic N) is 2. The van der Waals surface area contributed by atoms with Gasteiger partial charge in [0, 0.05) is 20.1 Å². The molecule has 1 unspecified atom stereocenters. The number of aliphatic hydroxyl groups is 1. The van der Waals surface area contributed by atoms with Gasteiger partial charge in [-0.25, -0.2) is 4.79 Å². The SMILES string of the molecule is CN(CC(O)C1CC1)C(=O)NCc1ccc(C#N)cc1. The number of carbonyl (C=O) groups excluding carboxylic acids is 1. The summed E-state index contributed by atoms with van der Waals surface area (Å²) in [7, 11) is 1.68. The van der Waals surface area contributed by atoms with Gasteiger partial charge in [0.1, 0.15) is 0 Å². The van der Waals surface area contributed by atoms with Gasteiger partial charge in [-0.2, -0.15) is 5.26 Å². The number of likely N-dealkylation sites (N-methyl/N-ethyl adjacent to an activating group) is 1. The molecule has 2 rings (SSSR count). The van der Waals surface area contributed by atoms with Crippen molar-refractivity contribution in [3.05, 3.63) is 35.4 Å². The van der Waals surface area contributed by atoms with Gasteiger partial charge in [-0.1, -0.05) is 12.1 Å². The number of nitriles is 1. The summed E-state index contributed by atoms with van der Waals surface area (Å²) < 4.78 is 0. The third-order valence-electron chi connectivity index (χ3n) is 3.50. The minimum Gasteiger partial charge on any atom is -0.391 e. The van der Waals surface area contributed by atoms with Gasteiger partial charge >= 0.3 is 6.03 Å². The lowest BCUT2D eigenvalue weighted by atomic mass is 10.1. The maximum Gasteiger partial charge on any atom is 0.317 e. The second kappa shape index (κ2) is 6.40. The van der Waals surface area contributed by atoms with Crippen LogP contribution >= 0.6 is 0 Å². The van der Waals surface area contributed by atoms with Crippen molar-refractivity contribution in [1.82, 2.24) is 10.2 Å². The minimum absolute atomic E-state index is 0.200. The Kier molecular flexibility index (Phi) is 4.59. The van der Waals surface area contributed by atoms with E-state index in [2.05, 4.69) is 11.4 Å². The number of nitrogens with one attached hydrogen (secondary N) is 1. The Morgan fingerprint density at radius 3 is 2.70 bits per heavy atom. The number of amides is 2. The maximum atomic E-state index is 11.9. The first kappa shape index (κ1) is 14.4. The maximum absolute atomic E-state index is 11.9. The molecule has 0 spiro atoms. The predicted octanol–water partition coefficient (Wildman–Crippen LogP) is 1.47. The van der Waals surface area contributed by atoms with E-state index in [9.17, 15) is 9.90 Å². The molecular weight excluding hydrogens is 254 g/mol. The molecule has 0 radical (unpaired) electrons. The van der Waals surface area contributed by atoms with Crippen molar-refractivity contribution in [1.29, 1.82) is 5.26 Å². The molecule has 1 atom stereocenters. The lowest BCUT2D eigenvalue weighted by Crippen LogP contribution is -2.41. The summed E-state index contributed by atoms with van der Waals surface area (Å²) in [6, 6.07) is 8.94. The van der Waals surface area contributed by atoms with Gasteiger partial charge in [0.25, 0.3) is 0 Å². The molecule has 5 nitrogen and oxygen atoms in total. The summed E-state index contributed by atoms with van der Waals surface area (Å²) >= 11 is 0. The molecule has 0 bridgehead atoms. The van der Waals surface area contributed by atoms with Crippen LogP contribution < -0.4 is 5.32 Å². The van der Waals surface area contributed by atoms with Crippen LogP contribution in [0.15, 0.2) is 24.3 Å². The van der Waals surface area contributed by atoms with Crippen molar-refractivity contribution in [3.63, 3.8) is 0 Å². The van der Waals surface area contributed by atoms with Crippen LogP contribution in [0.2, 0.25) is 0 Å². The molecule has 0 heterocycles. The quantitative estimate of drug-likeness (QED) is 0.853. The van der Waals surface area contributed by atoms with Crippen molar-refractivity contribution in [2.24, 2.45) is 5.92 Å². The van der Waals surface area contributed by atoms with E-state index in [1.54, 1.807) is 19.2 Å². The number of hydrogen-bond acceptors (Lipinski definition) is 3. The van der Waals surface area contributed by atoms with Gasteiger partial charge in [0.05, 0.1) is 17.7 Å². The average Bonchev–Trinajstić information content (AvgIpc) is 3.29. The van der Waals surface area contributed by atoms with E-state index in [1.165, 1.54) is 4.90 Å². The van der Waals surface area contributed by atoms with Crippen LogP contribution in [0.1, 0.15) is 24.0 Å². The highest BCUT2D eigenvalue weighted by atomic mass is 16.3. The third kappa shape index (κ3) is 3.97. The molecule has 5 heteroatoms. The first-order chi connectivity index (χ1) is 9.60. The highest BCUT2D eigenvalue weighted by Crippen LogP contribution is 2.32. The molecule has 1 aliphatic rings. The first-order valence-electron chi connectivity index (χ1n) is 6.76. The van der Waals surface area contributed by atoms with Crippen LogP contribution in [0.4, 0.5) is 4.79 Å². The molecule has 0 aromatic heterocycles. The van der Waals surface area contributed by atoms with Crippen LogP contribution in [-0.2, 0) is 6.54 Å². The molecule has 1 aliphatic carbocycles. The summed E-state index contributed by atoms with van der Waals surface area (Å²) in [6.45, 7) is 0.776. The van der Waals surface area contributed by atoms with E-state index in [-0.39, 0.29) is 6.03 Å². The van der Waals surface area contributed by atoms with Gasteiger partial charge in [0.15, 0.2) is 0 Å². The Bertz CT molecular complexity index is 503. The smallest absolute Gasteiger partial charge is 0.317 e. The van der Waals surface area contributed by atoms with E-state index in [0.717, 1.165) is 18.4 Å². The standard InChI is InChI=1S/C15H19N3O2/c1-18(10-14(19)13-6-7-13)15(20)17-9-12-4-2-11(8-16)3-5-12/h2-5,13-14,19H,6-7,9-10H2,1H3,(H,17,20). The van der Waals surface area contributed by atoms with Crippen molar-refractivity contribution in [2.75, 3.05) is 13.6 Å². The Morgan fingerprint density at radius 1 is 1.50 bits per heavy atom. The molecular formula is C15H19N3O2. The molecule has 0 saturated heterocycles. The van der Waals surface area contributed by atoms with Crippen LogP contribution in [-0.4, -0.2) is 35.7 Å². The zero-order valence-corrected chi connectivity index (χ0v) is 11.5. The van der Waals surface area contributed by atoms with E-state index in [4.69, 9.17) is 5.26 Å². The van der Waals surface area contributed by atoms with Crippen LogP contribution in [0.5, 0.6) is 0 Å². The fourth-order valence-corrected chi connectivity index (χ4v) is 2.00. The Morgan fingerprint density at radius 2 is 2.15 bits per heavy atom. The number of aliphatic hydroxyl groups excluding tert-OH is 1. The largest absolute Gasteiger partial charge is 0.391 e. The topological polar surface area (TPSA) is 76.4 Å². The fraction of sp³-hybridized carbons (Fsp3) is 0.467. The van der Waals surface area contributed by atoms with Crippen LogP contribution in [0.3, 0.4) is 0 Å². The highest BCUT2D eigenvalue weighted by Gasteiger charge is 2.31. The summed E-state index contributed by atoms with van der Waals surface area (Å²) in [5.41, 5.74) is 1.54. The fourth-order valence-electron chi connectivity index (χ4n) is 2.00. The number of carbonyl (C=O) groups is 1. The lowest BCUT2D eigenvalue weighted by molar-refractivity contribution is 0.113. The van der Waals surface area contributed by atoms with Crippen molar-refractivity contribution >= 4 is 6.03 Å². The number of hydrogen-bond donors (Lipinski definition) is 2. The normalized spacial score (nSPS) is 15.2. The Labute approximate surface area is 118 Å². The highest BCUT2D eigenvalue weighted by molar-refractivity contribution is 5.73. The van der Waals surface area contributed by atoms with Crippen molar-refractivity contribution < 1.29 is 9.90 Å². The summed E-state index contributed by atoms with van der Waals surface area (Å²) in [6.07, 6.45) is 1.70. The third-order valence-corrected chi connectivity index (χ3v) is 3.50. The van der Waals surface area contributed by atoms with Gasteiger partial charge in [-0.05, 0) is 36.5 Å². The lowest BCUT2D eigenvalue weighted by Gasteiger charge is -2.21.